The van der Waals surface area contributed by atoms with Gasteiger partial charge in [0.2, 0.25) is 0 Å². The van der Waals surface area contributed by atoms with E-state index in [0.29, 0.717) is 23.4 Å². The minimum absolute atomic E-state index is 0.184. The number of halogens is 1. The molecule has 2 aliphatic carbocycles. The highest BCUT2D eigenvalue weighted by Crippen LogP contribution is 2.39. The van der Waals surface area contributed by atoms with Crippen molar-refractivity contribution in [3.05, 3.63) is 74.9 Å². The van der Waals surface area contributed by atoms with E-state index >= 15 is 0 Å². The Bertz CT molecular complexity index is 1140. The first kappa shape index (κ1) is 17.1. The quantitative estimate of drug-likeness (QED) is 0.677. The molecule has 0 unspecified atom stereocenters. The zero-order valence-corrected chi connectivity index (χ0v) is 15.8. The van der Waals surface area contributed by atoms with Gasteiger partial charge < -0.3 is 4.74 Å². The molecule has 2 heterocycles. The van der Waals surface area contributed by atoms with E-state index in [0.717, 1.165) is 35.3 Å². The second-order valence-corrected chi connectivity index (χ2v) is 7.33. The van der Waals surface area contributed by atoms with Crippen LogP contribution in [0.15, 0.2) is 47.7 Å². The van der Waals surface area contributed by atoms with Gasteiger partial charge in [-0.15, -0.1) is 0 Å². The monoisotopic (exact) mass is 392 g/mol. The predicted molar refractivity (Wildman–Crippen MR) is 107 cm³/mol. The third-order valence-electron chi connectivity index (χ3n) is 4.95. The molecule has 3 aromatic rings. The smallest absolute Gasteiger partial charge is 0.278 e. The Labute approximate surface area is 166 Å². The highest BCUT2D eigenvalue weighted by atomic mass is 35.5. The molecule has 0 amide bonds. The van der Waals surface area contributed by atoms with Crippen LogP contribution in [-0.2, 0) is 6.42 Å². The largest absolute Gasteiger partial charge is 0.489 e. The third-order valence-corrected chi connectivity index (χ3v) is 5.34. The Morgan fingerprint density at radius 3 is 2.71 bits per heavy atom. The van der Waals surface area contributed by atoms with E-state index in [1.54, 1.807) is 24.7 Å². The number of hydrogen-bond donors (Lipinski definition) is 0. The van der Waals surface area contributed by atoms with Crippen LogP contribution in [0.3, 0.4) is 0 Å². The SMILES string of the molecule is O=c1c2c(cnn1-c1ncccn1)C=C(c1cccc(OC3CC3)c1Cl)CC2. The van der Waals surface area contributed by atoms with Crippen molar-refractivity contribution in [2.75, 3.05) is 0 Å². The number of ether oxygens (including phenoxy) is 1. The summed E-state index contributed by atoms with van der Waals surface area (Å²) in [5.74, 6) is 1.00. The highest BCUT2D eigenvalue weighted by Gasteiger charge is 2.26. The van der Waals surface area contributed by atoms with Crippen molar-refractivity contribution in [1.82, 2.24) is 19.7 Å². The molecule has 1 saturated carbocycles. The van der Waals surface area contributed by atoms with Crippen molar-refractivity contribution in [1.29, 1.82) is 0 Å². The van der Waals surface area contributed by atoms with Crippen LogP contribution >= 0.6 is 11.6 Å². The lowest BCUT2D eigenvalue weighted by Crippen LogP contribution is -2.28. The summed E-state index contributed by atoms with van der Waals surface area (Å²) < 4.78 is 7.15. The first-order chi connectivity index (χ1) is 13.7. The fourth-order valence-electron chi connectivity index (χ4n) is 3.37. The van der Waals surface area contributed by atoms with E-state index < -0.39 is 0 Å². The van der Waals surface area contributed by atoms with E-state index in [1.165, 1.54) is 4.68 Å². The van der Waals surface area contributed by atoms with Crippen molar-refractivity contribution in [3.63, 3.8) is 0 Å². The van der Waals surface area contributed by atoms with Crippen LogP contribution in [-0.4, -0.2) is 25.9 Å². The van der Waals surface area contributed by atoms with Crippen LogP contribution in [0.5, 0.6) is 5.75 Å². The molecule has 0 atom stereocenters. The molecule has 0 aliphatic heterocycles. The van der Waals surface area contributed by atoms with Gasteiger partial charge in [-0.05, 0) is 49.5 Å². The predicted octanol–water partition coefficient (Wildman–Crippen LogP) is 3.70. The zero-order chi connectivity index (χ0) is 19.1. The second kappa shape index (κ2) is 6.87. The number of fused-ring (bicyclic) bond motifs is 1. The Kier molecular flexibility index (Phi) is 4.20. The van der Waals surface area contributed by atoms with E-state index in [2.05, 4.69) is 15.1 Å². The van der Waals surface area contributed by atoms with Gasteiger partial charge in [0, 0.05) is 29.1 Å². The molecular weight excluding hydrogens is 376 g/mol. The average molecular weight is 393 g/mol. The molecule has 7 heteroatoms. The third kappa shape index (κ3) is 3.10. The molecular formula is C21H17ClN4O2. The summed E-state index contributed by atoms with van der Waals surface area (Å²) in [4.78, 5) is 21.1. The van der Waals surface area contributed by atoms with Crippen LogP contribution in [0.2, 0.25) is 5.02 Å². The summed E-state index contributed by atoms with van der Waals surface area (Å²) in [7, 11) is 0. The van der Waals surface area contributed by atoms with Crippen LogP contribution < -0.4 is 10.3 Å². The van der Waals surface area contributed by atoms with Gasteiger partial charge in [0.15, 0.2) is 0 Å². The van der Waals surface area contributed by atoms with Crippen LogP contribution in [0, 0.1) is 0 Å². The zero-order valence-electron chi connectivity index (χ0n) is 15.0. The van der Waals surface area contributed by atoms with Crippen LogP contribution in [0.4, 0.5) is 0 Å². The summed E-state index contributed by atoms with van der Waals surface area (Å²) >= 11 is 6.61. The van der Waals surface area contributed by atoms with Crippen molar-refractivity contribution >= 4 is 23.3 Å². The maximum absolute atomic E-state index is 12.9. The van der Waals surface area contributed by atoms with Gasteiger partial charge >= 0.3 is 0 Å². The molecule has 2 aliphatic rings. The van der Waals surface area contributed by atoms with Crippen molar-refractivity contribution in [2.24, 2.45) is 0 Å². The van der Waals surface area contributed by atoms with Gasteiger partial charge in [-0.3, -0.25) is 4.79 Å². The van der Waals surface area contributed by atoms with E-state index in [4.69, 9.17) is 16.3 Å². The second-order valence-electron chi connectivity index (χ2n) is 6.95. The molecule has 5 rings (SSSR count). The Morgan fingerprint density at radius 2 is 1.93 bits per heavy atom. The number of hydrogen-bond acceptors (Lipinski definition) is 5. The van der Waals surface area contributed by atoms with Crippen LogP contribution in [0.25, 0.3) is 17.6 Å². The fourth-order valence-corrected chi connectivity index (χ4v) is 3.66. The summed E-state index contributed by atoms with van der Waals surface area (Å²) in [6.45, 7) is 0. The number of benzene rings is 1. The number of allylic oxidation sites excluding steroid dienone is 1. The lowest BCUT2D eigenvalue weighted by Gasteiger charge is -2.18. The summed E-state index contributed by atoms with van der Waals surface area (Å²) in [6.07, 6.45) is 10.6. The first-order valence-corrected chi connectivity index (χ1v) is 9.63. The van der Waals surface area contributed by atoms with Crippen LogP contribution in [0.1, 0.15) is 36.0 Å². The molecule has 2 aromatic heterocycles. The van der Waals surface area contributed by atoms with E-state index in [1.807, 2.05) is 24.3 Å². The van der Waals surface area contributed by atoms with Gasteiger partial charge in [-0.1, -0.05) is 23.7 Å². The Morgan fingerprint density at radius 1 is 1.11 bits per heavy atom. The maximum atomic E-state index is 12.9. The number of rotatable bonds is 4. The standard InChI is InChI=1S/C21H17ClN4O2/c22-19-16(3-1-4-18(19)28-15-6-7-15)13-5-8-17-14(11-13)12-25-26(20(17)27)21-23-9-2-10-24-21/h1-4,9-12,15H,5-8H2. The number of nitrogens with zero attached hydrogens (tertiary/aromatic N) is 4. The molecule has 0 saturated heterocycles. The molecule has 0 N–H and O–H groups in total. The molecule has 0 spiro atoms. The van der Waals surface area contributed by atoms with Crippen molar-refractivity contribution < 1.29 is 4.74 Å². The fraction of sp³-hybridized carbons (Fsp3) is 0.238. The first-order valence-electron chi connectivity index (χ1n) is 9.25. The number of aromatic nitrogens is 4. The highest BCUT2D eigenvalue weighted by molar-refractivity contribution is 6.34. The molecule has 1 fully saturated rings. The Balaban J connectivity index is 1.53. The summed E-state index contributed by atoms with van der Waals surface area (Å²) in [6, 6.07) is 7.55. The summed E-state index contributed by atoms with van der Waals surface area (Å²) in [5.41, 5.74) is 3.36. The van der Waals surface area contributed by atoms with Gasteiger partial charge in [0.1, 0.15) is 5.75 Å². The molecule has 1 aromatic carbocycles. The average Bonchev–Trinajstić information content (AvgIpc) is 3.54. The normalized spacial score (nSPS) is 15.7. The molecule has 0 radical (unpaired) electrons. The molecule has 28 heavy (non-hydrogen) atoms. The van der Waals surface area contributed by atoms with Crippen molar-refractivity contribution in [2.45, 2.75) is 31.8 Å². The topological polar surface area (TPSA) is 69.9 Å². The van der Waals surface area contributed by atoms with Gasteiger partial charge in [-0.2, -0.15) is 9.78 Å². The lowest BCUT2D eigenvalue weighted by atomic mass is 9.90. The van der Waals surface area contributed by atoms with E-state index in [9.17, 15) is 4.79 Å². The van der Waals surface area contributed by atoms with Crippen molar-refractivity contribution in [3.8, 4) is 11.7 Å². The Hall–Kier alpha value is -2.99. The minimum Gasteiger partial charge on any atom is -0.489 e. The minimum atomic E-state index is -0.184. The molecule has 6 nitrogen and oxygen atoms in total. The van der Waals surface area contributed by atoms with E-state index in [-0.39, 0.29) is 17.6 Å². The van der Waals surface area contributed by atoms with Gasteiger partial charge in [-0.25, -0.2) is 9.97 Å². The summed E-state index contributed by atoms with van der Waals surface area (Å²) in [5, 5.41) is 4.88. The molecule has 0 bridgehead atoms. The van der Waals surface area contributed by atoms with Gasteiger partial charge in [0.05, 0.1) is 17.3 Å². The maximum Gasteiger partial charge on any atom is 0.278 e. The molecule has 140 valence electrons. The lowest BCUT2D eigenvalue weighted by molar-refractivity contribution is 0.303. The van der Waals surface area contributed by atoms with Gasteiger partial charge in [0.25, 0.3) is 11.5 Å².